The number of carbonyl (C=O) groups is 1. The van der Waals surface area contributed by atoms with Gasteiger partial charge in [-0.1, -0.05) is 0 Å². The lowest BCUT2D eigenvalue weighted by molar-refractivity contribution is -0.386. The maximum Gasteiger partial charge on any atom is 0.379 e. The van der Waals surface area contributed by atoms with Crippen LogP contribution >= 0.6 is 12.4 Å². The molecule has 0 spiro atoms. The number of nitro benzene ring substituents is 1. The second kappa shape index (κ2) is 7.23. The molecule has 10 heteroatoms. The monoisotopic (exact) mass is 328 g/mol. The van der Waals surface area contributed by atoms with Crippen molar-refractivity contribution in [3.05, 3.63) is 39.7 Å². The number of rotatable bonds is 5. The molecule has 21 heavy (non-hydrogen) atoms. The Morgan fingerprint density at radius 2 is 2.10 bits per heavy atom. The summed E-state index contributed by atoms with van der Waals surface area (Å²) in [5, 5.41) is 10.7. The van der Waals surface area contributed by atoms with Crippen molar-refractivity contribution >= 4 is 24.1 Å². The van der Waals surface area contributed by atoms with E-state index in [9.17, 15) is 28.1 Å². The van der Waals surface area contributed by atoms with Gasteiger partial charge in [-0.05, 0) is 19.1 Å². The summed E-state index contributed by atoms with van der Waals surface area (Å²) in [5.74, 6) is -7.04. The Morgan fingerprint density at radius 3 is 2.57 bits per heavy atom. The van der Waals surface area contributed by atoms with Crippen LogP contribution in [0.5, 0.6) is 0 Å². The summed E-state index contributed by atoms with van der Waals surface area (Å²) in [6.45, 7) is 1.02. The number of ether oxygens (including phenoxy) is 1. The van der Waals surface area contributed by atoms with Crippen LogP contribution in [0.3, 0.4) is 0 Å². The number of nitrogens with zero attached hydrogens (tertiary/aromatic N) is 1. The summed E-state index contributed by atoms with van der Waals surface area (Å²) in [5.41, 5.74) is 3.63. The summed E-state index contributed by atoms with van der Waals surface area (Å²) in [6, 6.07) is -0.381. The van der Waals surface area contributed by atoms with Gasteiger partial charge in [-0.15, -0.1) is 12.4 Å². The fraction of sp³-hybridized carbons (Fsp3) is 0.364. The van der Waals surface area contributed by atoms with Crippen molar-refractivity contribution in [2.75, 3.05) is 6.61 Å². The van der Waals surface area contributed by atoms with E-state index < -0.39 is 39.9 Å². The third-order valence-corrected chi connectivity index (χ3v) is 2.46. The van der Waals surface area contributed by atoms with Gasteiger partial charge in [0, 0.05) is 0 Å². The SMILES string of the molecule is CCOC(=O)C(F)(F)[C@@H](N)c1ccc(F)cc1[N+](=O)[O-].Cl. The predicted molar refractivity (Wildman–Crippen MR) is 68.8 cm³/mol. The quantitative estimate of drug-likeness (QED) is 0.508. The average Bonchev–Trinajstić information content (AvgIpc) is 2.37. The van der Waals surface area contributed by atoms with Gasteiger partial charge in [0.15, 0.2) is 0 Å². The minimum absolute atomic E-state index is 0. The van der Waals surface area contributed by atoms with E-state index in [2.05, 4.69) is 4.74 Å². The van der Waals surface area contributed by atoms with Crippen molar-refractivity contribution in [3.63, 3.8) is 0 Å². The lowest BCUT2D eigenvalue weighted by atomic mass is 9.99. The third kappa shape index (κ3) is 4.05. The summed E-state index contributed by atoms with van der Waals surface area (Å²) in [7, 11) is 0. The molecule has 0 aliphatic carbocycles. The van der Waals surface area contributed by atoms with Crippen LogP contribution < -0.4 is 5.73 Å². The summed E-state index contributed by atoms with van der Waals surface area (Å²) in [6.07, 6.45) is 0. The molecule has 0 radical (unpaired) electrons. The second-order valence-corrected chi connectivity index (χ2v) is 3.78. The van der Waals surface area contributed by atoms with Crippen LogP contribution in [0.25, 0.3) is 0 Å². The van der Waals surface area contributed by atoms with Crippen LogP contribution in [-0.4, -0.2) is 23.4 Å². The summed E-state index contributed by atoms with van der Waals surface area (Å²) >= 11 is 0. The molecule has 0 heterocycles. The first-order valence-electron chi connectivity index (χ1n) is 5.46. The minimum Gasteiger partial charge on any atom is -0.462 e. The molecule has 0 saturated heterocycles. The van der Waals surface area contributed by atoms with Gasteiger partial charge in [-0.2, -0.15) is 8.78 Å². The highest BCUT2D eigenvalue weighted by Crippen LogP contribution is 2.35. The third-order valence-electron chi connectivity index (χ3n) is 2.46. The maximum atomic E-state index is 13.7. The van der Waals surface area contributed by atoms with Crippen LogP contribution in [0.2, 0.25) is 0 Å². The Labute approximate surface area is 123 Å². The van der Waals surface area contributed by atoms with Crippen molar-refractivity contribution < 1.29 is 27.6 Å². The zero-order valence-corrected chi connectivity index (χ0v) is 11.5. The molecule has 2 N–H and O–H groups in total. The standard InChI is InChI=1S/C11H11F3N2O4.ClH/c1-2-20-10(17)11(13,14)9(15)7-4-3-6(12)5-8(7)16(18)19;/h3-5,9H,2,15H2,1H3;1H/t9-;/m0./s1. The van der Waals surface area contributed by atoms with Gasteiger partial charge < -0.3 is 10.5 Å². The minimum atomic E-state index is -4.17. The Bertz CT molecular complexity index is 542. The van der Waals surface area contributed by atoms with Gasteiger partial charge in [0.05, 0.1) is 23.2 Å². The smallest absolute Gasteiger partial charge is 0.379 e. The number of hydrogen-bond acceptors (Lipinski definition) is 5. The predicted octanol–water partition coefficient (Wildman–Crippen LogP) is 2.35. The highest BCUT2D eigenvalue weighted by Gasteiger charge is 2.49. The van der Waals surface area contributed by atoms with E-state index in [1.54, 1.807) is 0 Å². The van der Waals surface area contributed by atoms with Gasteiger partial charge >= 0.3 is 11.9 Å². The molecule has 0 bridgehead atoms. The Morgan fingerprint density at radius 1 is 1.52 bits per heavy atom. The fourth-order valence-electron chi connectivity index (χ4n) is 1.49. The van der Waals surface area contributed by atoms with Crippen LogP contribution in [0.1, 0.15) is 18.5 Å². The summed E-state index contributed by atoms with van der Waals surface area (Å²) < 4.78 is 44.5. The molecule has 118 valence electrons. The molecule has 1 aromatic rings. The Kier molecular flexibility index (Phi) is 6.58. The zero-order chi connectivity index (χ0) is 15.5. The average molecular weight is 329 g/mol. The van der Waals surface area contributed by atoms with Gasteiger partial charge in [0.1, 0.15) is 11.9 Å². The van der Waals surface area contributed by atoms with E-state index in [1.807, 2.05) is 0 Å². The second-order valence-electron chi connectivity index (χ2n) is 3.78. The number of benzene rings is 1. The van der Waals surface area contributed by atoms with Gasteiger partial charge in [-0.3, -0.25) is 10.1 Å². The molecule has 1 aromatic carbocycles. The Balaban J connectivity index is 0.00000400. The topological polar surface area (TPSA) is 95.5 Å². The number of nitro groups is 1. The first-order chi connectivity index (χ1) is 9.21. The van der Waals surface area contributed by atoms with Gasteiger partial charge in [0.25, 0.3) is 5.69 Å². The molecule has 0 aliphatic heterocycles. The van der Waals surface area contributed by atoms with E-state index in [0.29, 0.717) is 6.07 Å². The largest absolute Gasteiger partial charge is 0.462 e. The van der Waals surface area contributed by atoms with E-state index in [4.69, 9.17) is 5.73 Å². The van der Waals surface area contributed by atoms with E-state index in [1.165, 1.54) is 6.92 Å². The van der Waals surface area contributed by atoms with E-state index in [-0.39, 0.29) is 19.0 Å². The molecule has 0 unspecified atom stereocenters. The molecule has 6 nitrogen and oxygen atoms in total. The number of carbonyl (C=O) groups excluding carboxylic acids is 1. The number of alkyl halides is 2. The van der Waals surface area contributed by atoms with Crippen molar-refractivity contribution in [2.45, 2.75) is 18.9 Å². The van der Waals surface area contributed by atoms with Gasteiger partial charge in [-0.25, -0.2) is 9.18 Å². The van der Waals surface area contributed by atoms with Crippen LogP contribution in [0.15, 0.2) is 18.2 Å². The number of hydrogen-bond donors (Lipinski definition) is 1. The van der Waals surface area contributed by atoms with Crippen LogP contribution in [0.4, 0.5) is 18.9 Å². The van der Waals surface area contributed by atoms with Crippen molar-refractivity contribution in [1.82, 2.24) is 0 Å². The normalized spacial score (nSPS) is 12.2. The molecule has 0 amide bonds. The lowest BCUT2D eigenvalue weighted by Gasteiger charge is -2.21. The number of esters is 1. The molecule has 0 saturated carbocycles. The molecular weight excluding hydrogens is 317 g/mol. The first-order valence-corrected chi connectivity index (χ1v) is 5.46. The highest BCUT2D eigenvalue weighted by atomic mass is 35.5. The first kappa shape index (κ1) is 19.1. The Hall–Kier alpha value is -1.87. The zero-order valence-electron chi connectivity index (χ0n) is 10.7. The molecule has 1 rings (SSSR count). The van der Waals surface area contributed by atoms with Crippen molar-refractivity contribution in [2.24, 2.45) is 5.73 Å². The molecule has 1 atom stereocenters. The molecular formula is C11H12ClF3N2O4. The number of halogens is 4. The number of nitrogens with two attached hydrogens (primary N) is 1. The molecule has 0 aromatic heterocycles. The van der Waals surface area contributed by atoms with E-state index in [0.717, 1.165) is 12.1 Å². The highest BCUT2D eigenvalue weighted by molar-refractivity contribution is 5.85. The van der Waals surface area contributed by atoms with Crippen molar-refractivity contribution in [3.8, 4) is 0 Å². The van der Waals surface area contributed by atoms with Gasteiger partial charge in [0.2, 0.25) is 0 Å². The van der Waals surface area contributed by atoms with E-state index >= 15 is 0 Å². The maximum absolute atomic E-state index is 13.7. The fourth-order valence-corrected chi connectivity index (χ4v) is 1.49. The molecule has 0 fully saturated rings. The van der Waals surface area contributed by atoms with Crippen LogP contribution in [0, 0.1) is 15.9 Å². The van der Waals surface area contributed by atoms with Crippen molar-refractivity contribution in [1.29, 1.82) is 0 Å². The summed E-state index contributed by atoms with van der Waals surface area (Å²) in [4.78, 5) is 20.8. The molecule has 0 aliphatic rings. The van der Waals surface area contributed by atoms with Crippen LogP contribution in [-0.2, 0) is 9.53 Å². The lowest BCUT2D eigenvalue weighted by Crippen LogP contribution is -2.42.